The minimum Gasteiger partial charge on any atom is -0.208 e. The van der Waals surface area contributed by atoms with E-state index >= 15 is 0 Å². The molecule has 1 unspecified atom stereocenters. The Morgan fingerprint density at radius 3 is 2.70 bits per heavy atom. The fourth-order valence-corrected chi connectivity index (χ4v) is 4.03. The summed E-state index contributed by atoms with van der Waals surface area (Å²) >= 11 is 0. The van der Waals surface area contributed by atoms with Crippen LogP contribution in [0.1, 0.15) is 38.7 Å². The summed E-state index contributed by atoms with van der Waals surface area (Å²) in [6.45, 7) is 4.05. The SMILES string of the molecule is CC1(C)CCCC1NS(=O)(=O)c1ccc(F)c(C#N)c1. The zero-order valence-electron chi connectivity index (χ0n) is 11.5. The summed E-state index contributed by atoms with van der Waals surface area (Å²) in [7, 11) is -3.73. The Balaban J connectivity index is 2.30. The fourth-order valence-electron chi connectivity index (χ4n) is 2.56. The van der Waals surface area contributed by atoms with Gasteiger partial charge in [0.15, 0.2) is 0 Å². The predicted octanol–water partition coefficient (Wildman–Crippen LogP) is 2.55. The van der Waals surface area contributed by atoms with Gasteiger partial charge in [0.05, 0.1) is 10.5 Å². The van der Waals surface area contributed by atoms with E-state index in [2.05, 4.69) is 4.72 Å². The Bertz CT molecular complexity index is 662. The van der Waals surface area contributed by atoms with Crippen molar-refractivity contribution in [3.05, 3.63) is 29.6 Å². The molecule has 0 amide bonds. The Hall–Kier alpha value is -1.45. The van der Waals surface area contributed by atoms with Crippen LogP contribution in [0.4, 0.5) is 4.39 Å². The zero-order valence-corrected chi connectivity index (χ0v) is 12.3. The van der Waals surface area contributed by atoms with Crippen LogP contribution in [0.3, 0.4) is 0 Å². The van der Waals surface area contributed by atoms with E-state index in [-0.39, 0.29) is 21.9 Å². The van der Waals surface area contributed by atoms with E-state index in [1.165, 1.54) is 6.07 Å². The molecule has 1 fully saturated rings. The average Bonchev–Trinajstić information content (AvgIpc) is 2.68. The van der Waals surface area contributed by atoms with Gasteiger partial charge in [0.25, 0.3) is 0 Å². The van der Waals surface area contributed by atoms with Crippen molar-refractivity contribution in [1.82, 2.24) is 4.72 Å². The highest BCUT2D eigenvalue weighted by atomic mass is 32.2. The second kappa shape index (κ2) is 5.15. The molecule has 6 heteroatoms. The van der Waals surface area contributed by atoms with Gasteiger partial charge in [-0.15, -0.1) is 0 Å². The maximum Gasteiger partial charge on any atom is 0.240 e. The zero-order chi connectivity index (χ0) is 15.0. The van der Waals surface area contributed by atoms with Crippen LogP contribution in [0.5, 0.6) is 0 Å². The molecular weight excluding hydrogens is 279 g/mol. The van der Waals surface area contributed by atoms with E-state index in [1.807, 2.05) is 13.8 Å². The van der Waals surface area contributed by atoms with Crippen LogP contribution in [0.25, 0.3) is 0 Å². The second-order valence-electron chi connectivity index (χ2n) is 5.81. The molecule has 0 saturated heterocycles. The summed E-state index contributed by atoms with van der Waals surface area (Å²) in [5.41, 5.74) is -0.357. The quantitative estimate of drug-likeness (QED) is 0.932. The van der Waals surface area contributed by atoms with Crippen molar-refractivity contribution in [2.75, 3.05) is 0 Å². The molecular formula is C14H17FN2O2S. The minimum absolute atomic E-state index is 0.0712. The van der Waals surface area contributed by atoms with Crippen LogP contribution in [0.15, 0.2) is 23.1 Å². The number of rotatable bonds is 3. The summed E-state index contributed by atoms with van der Waals surface area (Å²) in [4.78, 5) is -0.0712. The van der Waals surface area contributed by atoms with Gasteiger partial charge < -0.3 is 0 Å². The minimum atomic E-state index is -3.73. The normalized spacial score (nSPS) is 21.6. The molecule has 1 aromatic carbocycles. The van der Waals surface area contributed by atoms with Gasteiger partial charge in [0, 0.05) is 6.04 Å². The molecule has 0 bridgehead atoms. The lowest BCUT2D eigenvalue weighted by atomic mass is 9.88. The molecule has 1 aromatic rings. The van der Waals surface area contributed by atoms with Gasteiger partial charge in [-0.3, -0.25) is 0 Å². The largest absolute Gasteiger partial charge is 0.240 e. The van der Waals surface area contributed by atoms with Crippen molar-refractivity contribution in [2.24, 2.45) is 5.41 Å². The van der Waals surface area contributed by atoms with Crippen LogP contribution >= 0.6 is 0 Å². The fraction of sp³-hybridized carbons (Fsp3) is 0.500. The second-order valence-corrected chi connectivity index (χ2v) is 7.52. The van der Waals surface area contributed by atoms with Gasteiger partial charge in [0.1, 0.15) is 11.9 Å². The third-order valence-corrected chi connectivity index (χ3v) is 5.39. The molecule has 0 radical (unpaired) electrons. The molecule has 4 nitrogen and oxygen atoms in total. The van der Waals surface area contributed by atoms with Gasteiger partial charge in [-0.2, -0.15) is 5.26 Å². The van der Waals surface area contributed by atoms with Crippen molar-refractivity contribution >= 4 is 10.0 Å². The third kappa shape index (κ3) is 2.84. The van der Waals surface area contributed by atoms with Crippen LogP contribution in [0.2, 0.25) is 0 Å². The Morgan fingerprint density at radius 1 is 1.45 bits per heavy atom. The monoisotopic (exact) mass is 296 g/mol. The van der Waals surface area contributed by atoms with E-state index in [4.69, 9.17) is 5.26 Å². The first-order valence-corrected chi connectivity index (χ1v) is 7.96. The molecule has 1 N–H and O–H groups in total. The molecule has 0 spiro atoms. The third-order valence-electron chi connectivity index (χ3n) is 3.92. The first-order chi connectivity index (χ1) is 9.26. The van der Waals surface area contributed by atoms with E-state index < -0.39 is 15.8 Å². The van der Waals surface area contributed by atoms with Crippen LogP contribution in [0, 0.1) is 22.6 Å². The van der Waals surface area contributed by atoms with Crippen molar-refractivity contribution < 1.29 is 12.8 Å². The summed E-state index contributed by atoms with van der Waals surface area (Å²) in [6.07, 6.45) is 2.73. The predicted molar refractivity (Wildman–Crippen MR) is 72.9 cm³/mol. The van der Waals surface area contributed by atoms with E-state index in [0.717, 1.165) is 31.4 Å². The molecule has 108 valence electrons. The van der Waals surface area contributed by atoms with Gasteiger partial charge in [-0.1, -0.05) is 20.3 Å². The molecule has 1 aliphatic rings. The summed E-state index contributed by atoms with van der Waals surface area (Å²) in [5, 5.41) is 8.77. The Labute approximate surface area is 118 Å². The number of nitriles is 1. The van der Waals surface area contributed by atoms with Gasteiger partial charge in [-0.05, 0) is 36.5 Å². The highest BCUT2D eigenvalue weighted by Crippen LogP contribution is 2.37. The first kappa shape index (κ1) is 14.9. The summed E-state index contributed by atoms with van der Waals surface area (Å²) in [6, 6.07) is 4.77. The lowest BCUT2D eigenvalue weighted by Crippen LogP contribution is -2.41. The number of nitrogens with zero attached hydrogens (tertiary/aromatic N) is 1. The van der Waals surface area contributed by atoms with Crippen molar-refractivity contribution in [1.29, 1.82) is 5.26 Å². The lowest BCUT2D eigenvalue weighted by molar-refractivity contribution is 0.313. The molecule has 1 aliphatic carbocycles. The number of benzene rings is 1. The number of halogens is 1. The van der Waals surface area contributed by atoms with Gasteiger partial charge in [-0.25, -0.2) is 17.5 Å². The van der Waals surface area contributed by atoms with Crippen molar-refractivity contribution in [3.63, 3.8) is 0 Å². The number of hydrogen-bond acceptors (Lipinski definition) is 3. The number of hydrogen-bond donors (Lipinski definition) is 1. The molecule has 0 heterocycles. The van der Waals surface area contributed by atoms with Crippen molar-refractivity contribution in [2.45, 2.75) is 44.0 Å². The first-order valence-electron chi connectivity index (χ1n) is 6.48. The lowest BCUT2D eigenvalue weighted by Gasteiger charge is -2.27. The van der Waals surface area contributed by atoms with Crippen LogP contribution in [-0.2, 0) is 10.0 Å². The smallest absolute Gasteiger partial charge is 0.208 e. The van der Waals surface area contributed by atoms with Crippen LogP contribution in [-0.4, -0.2) is 14.5 Å². The van der Waals surface area contributed by atoms with Crippen molar-refractivity contribution in [3.8, 4) is 6.07 Å². The summed E-state index contributed by atoms with van der Waals surface area (Å²) in [5.74, 6) is -0.715. The molecule has 20 heavy (non-hydrogen) atoms. The number of nitrogens with one attached hydrogen (secondary N) is 1. The van der Waals surface area contributed by atoms with Gasteiger partial charge in [0.2, 0.25) is 10.0 Å². The maximum absolute atomic E-state index is 13.2. The van der Waals surface area contributed by atoms with E-state index in [9.17, 15) is 12.8 Å². The van der Waals surface area contributed by atoms with Crippen LogP contribution < -0.4 is 4.72 Å². The molecule has 0 aromatic heterocycles. The molecule has 2 rings (SSSR count). The summed E-state index contributed by atoms with van der Waals surface area (Å²) < 4.78 is 40.5. The Kier molecular flexibility index (Phi) is 3.85. The maximum atomic E-state index is 13.2. The average molecular weight is 296 g/mol. The molecule has 0 aliphatic heterocycles. The molecule has 1 saturated carbocycles. The highest BCUT2D eigenvalue weighted by molar-refractivity contribution is 7.89. The van der Waals surface area contributed by atoms with Gasteiger partial charge >= 0.3 is 0 Å². The highest BCUT2D eigenvalue weighted by Gasteiger charge is 2.37. The van der Waals surface area contributed by atoms with E-state index in [1.54, 1.807) is 6.07 Å². The Morgan fingerprint density at radius 2 is 2.15 bits per heavy atom. The van der Waals surface area contributed by atoms with E-state index in [0.29, 0.717) is 0 Å². The number of sulfonamides is 1. The topological polar surface area (TPSA) is 70.0 Å². The standard InChI is InChI=1S/C14H17FN2O2S/c1-14(2)7-3-4-13(14)17-20(18,19)11-5-6-12(15)10(8-11)9-16/h5-6,8,13,17H,3-4,7H2,1-2H3. The molecule has 1 atom stereocenters.